The highest BCUT2D eigenvalue weighted by Crippen LogP contribution is 2.14. The monoisotopic (exact) mass is 269 g/mol. The van der Waals surface area contributed by atoms with Gasteiger partial charge in [0, 0.05) is 11.5 Å². The lowest BCUT2D eigenvalue weighted by Gasteiger charge is -2.29. The minimum Gasteiger partial charge on any atom is -0.333 e. The molecule has 6 nitrogen and oxygen atoms in total. The van der Waals surface area contributed by atoms with Gasteiger partial charge in [0.05, 0.1) is 6.54 Å². The maximum absolute atomic E-state index is 11.7. The summed E-state index contributed by atoms with van der Waals surface area (Å²) in [6.45, 7) is 7.18. The van der Waals surface area contributed by atoms with Crippen LogP contribution in [-0.4, -0.2) is 48.3 Å². The van der Waals surface area contributed by atoms with Crippen LogP contribution in [0.3, 0.4) is 0 Å². The molecule has 0 aromatic heterocycles. The number of rotatable bonds is 3. The largest absolute Gasteiger partial charge is 0.333 e. The molecule has 3 amide bonds. The van der Waals surface area contributed by atoms with Crippen LogP contribution in [0.2, 0.25) is 0 Å². The predicted octanol–water partition coefficient (Wildman–Crippen LogP) is 0.522. The first-order valence-electron chi connectivity index (χ1n) is 6.60. The summed E-state index contributed by atoms with van der Waals surface area (Å²) < 4.78 is 0. The van der Waals surface area contributed by atoms with Crippen molar-refractivity contribution in [1.29, 1.82) is 0 Å². The number of piperidine rings is 1. The summed E-state index contributed by atoms with van der Waals surface area (Å²) in [6, 6.07) is -0.472. The van der Waals surface area contributed by atoms with Crippen molar-refractivity contribution in [3.63, 3.8) is 0 Å². The molecule has 6 heteroatoms. The van der Waals surface area contributed by atoms with Crippen molar-refractivity contribution in [3.8, 4) is 0 Å². The predicted molar refractivity (Wildman–Crippen MR) is 71.7 cm³/mol. The summed E-state index contributed by atoms with van der Waals surface area (Å²) in [7, 11) is 0. The van der Waals surface area contributed by atoms with Gasteiger partial charge in [-0.05, 0) is 46.7 Å². The Bertz CT molecular complexity index is 342. The smallest absolute Gasteiger partial charge is 0.321 e. The van der Waals surface area contributed by atoms with Gasteiger partial charge < -0.3 is 10.1 Å². The number of likely N-dealkylation sites (tertiary alicyclic amines) is 1. The maximum Gasteiger partial charge on any atom is 0.321 e. The van der Waals surface area contributed by atoms with Gasteiger partial charge >= 0.3 is 6.03 Å². The van der Waals surface area contributed by atoms with E-state index in [0.29, 0.717) is 0 Å². The fraction of sp³-hybridized carbons (Fsp3) is 0.769. The minimum absolute atomic E-state index is 0.114. The molecule has 0 radical (unpaired) electrons. The molecule has 1 heterocycles. The number of urea groups is 1. The lowest BCUT2D eigenvalue weighted by atomic mass is 9.99. The average molecular weight is 269 g/mol. The molecule has 0 saturated carbocycles. The molecule has 1 aliphatic rings. The summed E-state index contributed by atoms with van der Waals surface area (Å²) in [5.41, 5.74) is -0.368. The number of hydrogen-bond acceptors (Lipinski definition) is 4. The van der Waals surface area contributed by atoms with Gasteiger partial charge in [-0.1, -0.05) is 0 Å². The third-order valence-corrected chi connectivity index (χ3v) is 2.93. The van der Waals surface area contributed by atoms with Crippen LogP contribution in [0.4, 0.5) is 4.79 Å². The van der Waals surface area contributed by atoms with Gasteiger partial charge in [-0.3, -0.25) is 15.0 Å². The van der Waals surface area contributed by atoms with Crippen molar-refractivity contribution >= 4 is 18.2 Å². The molecule has 0 bridgehead atoms. The normalized spacial score (nSPS) is 17.8. The van der Waals surface area contributed by atoms with E-state index in [9.17, 15) is 14.4 Å². The Morgan fingerprint density at radius 1 is 1.26 bits per heavy atom. The number of carbonyl (C=O) groups is 3. The molecule has 108 valence electrons. The Hall–Kier alpha value is -1.43. The lowest BCUT2D eigenvalue weighted by molar-refractivity contribution is -0.121. The fourth-order valence-corrected chi connectivity index (χ4v) is 1.99. The zero-order chi connectivity index (χ0) is 14.5. The second kappa shape index (κ2) is 6.65. The fourth-order valence-electron chi connectivity index (χ4n) is 1.99. The number of carbonyl (C=O) groups excluding carboxylic acids is 3. The molecule has 0 unspecified atom stereocenters. The molecule has 19 heavy (non-hydrogen) atoms. The number of imide groups is 1. The van der Waals surface area contributed by atoms with Crippen molar-refractivity contribution in [3.05, 3.63) is 0 Å². The summed E-state index contributed by atoms with van der Waals surface area (Å²) in [4.78, 5) is 35.8. The number of nitrogens with one attached hydrogen (secondary N) is 2. The number of aldehydes is 1. The molecule has 1 fully saturated rings. The Morgan fingerprint density at radius 2 is 1.84 bits per heavy atom. The summed E-state index contributed by atoms with van der Waals surface area (Å²) in [5.74, 6) is -0.199. The van der Waals surface area contributed by atoms with Gasteiger partial charge in [0.15, 0.2) is 0 Å². The SMILES string of the molecule is CC(C)(C)NC(=O)NC(=O)CN1CCC(C=O)CC1. The van der Waals surface area contributed by atoms with E-state index in [-0.39, 0.29) is 23.9 Å². The molecule has 0 atom stereocenters. The molecule has 2 N–H and O–H groups in total. The summed E-state index contributed by atoms with van der Waals surface area (Å²) in [5, 5.41) is 4.98. The van der Waals surface area contributed by atoms with Crippen LogP contribution < -0.4 is 10.6 Å². The van der Waals surface area contributed by atoms with Gasteiger partial charge in [0.2, 0.25) is 5.91 Å². The highest BCUT2D eigenvalue weighted by atomic mass is 16.2. The molecular weight excluding hydrogens is 246 g/mol. The van der Waals surface area contributed by atoms with Crippen molar-refractivity contribution in [2.45, 2.75) is 39.2 Å². The van der Waals surface area contributed by atoms with Crippen molar-refractivity contribution in [2.24, 2.45) is 5.92 Å². The molecular formula is C13H23N3O3. The molecule has 0 spiro atoms. The lowest BCUT2D eigenvalue weighted by Crippen LogP contribution is -2.51. The highest BCUT2D eigenvalue weighted by Gasteiger charge is 2.21. The van der Waals surface area contributed by atoms with E-state index < -0.39 is 6.03 Å². The topological polar surface area (TPSA) is 78.5 Å². The Kier molecular flexibility index (Phi) is 5.47. The Balaban J connectivity index is 2.28. The van der Waals surface area contributed by atoms with E-state index in [2.05, 4.69) is 10.6 Å². The van der Waals surface area contributed by atoms with Gasteiger partial charge in [-0.15, -0.1) is 0 Å². The molecule has 0 aliphatic carbocycles. The van der Waals surface area contributed by atoms with E-state index in [0.717, 1.165) is 32.2 Å². The third kappa shape index (κ3) is 6.33. The zero-order valence-electron chi connectivity index (χ0n) is 11.9. The van der Waals surface area contributed by atoms with Crippen LogP contribution in [0.15, 0.2) is 0 Å². The van der Waals surface area contributed by atoms with Crippen molar-refractivity contribution in [2.75, 3.05) is 19.6 Å². The average Bonchev–Trinajstić information content (AvgIpc) is 2.27. The molecule has 1 saturated heterocycles. The van der Waals surface area contributed by atoms with Crippen LogP contribution in [0.25, 0.3) is 0 Å². The highest BCUT2D eigenvalue weighted by molar-refractivity contribution is 5.95. The van der Waals surface area contributed by atoms with E-state index in [4.69, 9.17) is 0 Å². The first kappa shape index (κ1) is 15.6. The van der Waals surface area contributed by atoms with Crippen molar-refractivity contribution < 1.29 is 14.4 Å². The number of nitrogens with zero attached hydrogens (tertiary/aromatic N) is 1. The van der Waals surface area contributed by atoms with Crippen LogP contribution in [-0.2, 0) is 9.59 Å². The Labute approximate surface area is 113 Å². The van der Waals surface area contributed by atoms with Crippen LogP contribution >= 0.6 is 0 Å². The second-order valence-electron chi connectivity index (χ2n) is 6.00. The van der Waals surface area contributed by atoms with E-state index in [1.54, 1.807) is 0 Å². The van der Waals surface area contributed by atoms with Crippen LogP contribution in [0, 0.1) is 5.92 Å². The molecule has 1 aliphatic heterocycles. The van der Waals surface area contributed by atoms with Crippen LogP contribution in [0.1, 0.15) is 33.6 Å². The number of amides is 3. The maximum atomic E-state index is 11.7. The molecule has 1 rings (SSSR count). The van der Waals surface area contributed by atoms with E-state index in [1.165, 1.54) is 0 Å². The van der Waals surface area contributed by atoms with Gasteiger partial charge in [0.25, 0.3) is 0 Å². The number of hydrogen-bond donors (Lipinski definition) is 2. The van der Waals surface area contributed by atoms with Crippen LogP contribution in [0.5, 0.6) is 0 Å². The summed E-state index contributed by atoms with van der Waals surface area (Å²) >= 11 is 0. The van der Waals surface area contributed by atoms with E-state index in [1.807, 2.05) is 25.7 Å². The van der Waals surface area contributed by atoms with Crippen molar-refractivity contribution in [1.82, 2.24) is 15.5 Å². The summed E-state index contributed by atoms with van der Waals surface area (Å²) in [6.07, 6.45) is 2.55. The standard InChI is InChI=1S/C13H23N3O3/c1-13(2,3)15-12(19)14-11(18)8-16-6-4-10(9-17)5-7-16/h9-10H,4-8H2,1-3H3,(H2,14,15,18,19). The molecule has 0 aromatic rings. The second-order valence-corrected chi connectivity index (χ2v) is 6.00. The first-order valence-corrected chi connectivity index (χ1v) is 6.60. The minimum atomic E-state index is -0.472. The van der Waals surface area contributed by atoms with Gasteiger partial charge in [-0.2, -0.15) is 0 Å². The Morgan fingerprint density at radius 3 is 2.32 bits per heavy atom. The third-order valence-electron chi connectivity index (χ3n) is 2.93. The van der Waals surface area contributed by atoms with E-state index >= 15 is 0 Å². The first-order chi connectivity index (χ1) is 8.80. The van der Waals surface area contributed by atoms with Gasteiger partial charge in [0.1, 0.15) is 6.29 Å². The molecule has 0 aromatic carbocycles. The quantitative estimate of drug-likeness (QED) is 0.732. The zero-order valence-corrected chi connectivity index (χ0v) is 11.9. The van der Waals surface area contributed by atoms with Gasteiger partial charge in [-0.25, -0.2) is 4.79 Å².